The summed E-state index contributed by atoms with van der Waals surface area (Å²) < 4.78 is 1.62. The standard InChI is InChI=1S/C15H14N4O/c1-12-7-8-18(15(20)9-12)11-13-10-16-19(17-13)14-5-3-2-4-6-14/h2-10H,11H2,1H3. The largest absolute Gasteiger partial charge is 0.309 e. The zero-order valence-electron chi connectivity index (χ0n) is 11.1. The summed E-state index contributed by atoms with van der Waals surface area (Å²) in [6, 6.07) is 13.2. The van der Waals surface area contributed by atoms with Crippen molar-refractivity contribution in [2.45, 2.75) is 13.5 Å². The summed E-state index contributed by atoms with van der Waals surface area (Å²) in [4.78, 5) is 13.4. The van der Waals surface area contributed by atoms with Gasteiger partial charge in [-0.2, -0.15) is 15.0 Å². The van der Waals surface area contributed by atoms with Crippen LogP contribution in [0.25, 0.3) is 5.69 Å². The van der Waals surface area contributed by atoms with E-state index in [4.69, 9.17) is 0 Å². The van der Waals surface area contributed by atoms with Gasteiger partial charge in [0.15, 0.2) is 0 Å². The molecule has 0 bridgehead atoms. The van der Waals surface area contributed by atoms with Gasteiger partial charge in [-0.3, -0.25) is 4.79 Å². The number of pyridine rings is 1. The van der Waals surface area contributed by atoms with Crippen LogP contribution in [-0.4, -0.2) is 19.6 Å². The van der Waals surface area contributed by atoms with Crippen LogP contribution in [0.15, 0.2) is 59.7 Å². The molecule has 2 aromatic heterocycles. The predicted octanol–water partition coefficient (Wildman–Crippen LogP) is 1.79. The fourth-order valence-electron chi connectivity index (χ4n) is 1.96. The fourth-order valence-corrected chi connectivity index (χ4v) is 1.96. The Morgan fingerprint density at radius 1 is 1.15 bits per heavy atom. The van der Waals surface area contributed by atoms with Crippen LogP contribution < -0.4 is 5.56 Å². The topological polar surface area (TPSA) is 52.7 Å². The zero-order chi connectivity index (χ0) is 13.9. The number of para-hydroxylation sites is 1. The Morgan fingerprint density at radius 3 is 2.70 bits per heavy atom. The summed E-state index contributed by atoms with van der Waals surface area (Å²) in [5, 5.41) is 8.61. The third kappa shape index (κ3) is 2.51. The zero-order valence-corrected chi connectivity index (χ0v) is 11.1. The maximum Gasteiger partial charge on any atom is 0.251 e. The van der Waals surface area contributed by atoms with Crippen molar-refractivity contribution in [2.24, 2.45) is 0 Å². The van der Waals surface area contributed by atoms with Gasteiger partial charge in [-0.15, -0.1) is 0 Å². The highest BCUT2D eigenvalue weighted by Gasteiger charge is 2.04. The average molecular weight is 266 g/mol. The maximum atomic E-state index is 11.8. The molecule has 2 heterocycles. The van der Waals surface area contributed by atoms with Crippen molar-refractivity contribution >= 4 is 0 Å². The Hall–Kier alpha value is -2.69. The van der Waals surface area contributed by atoms with Gasteiger partial charge in [0.25, 0.3) is 5.56 Å². The second-order valence-electron chi connectivity index (χ2n) is 4.63. The molecule has 0 aliphatic rings. The van der Waals surface area contributed by atoms with E-state index in [9.17, 15) is 4.79 Å². The first kappa shape index (κ1) is 12.3. The Bertz CT molecular complexity index is 774. The number of aromatic nitrogens is 4. The van der Waals surface area contributed by atoms with Gasteiger partial charge in [-0.25, -0.2) is 0 Å². The summed E-state index contributed by atoms with van der Waals surface area (Å²) in [5.74, 6) is 0. The second-order valence-corrected chi connectivity index (χ2v) is 4.63. The number of hydrogen-bond donors (Lipinski definition) is 0. The first-order chi connectivity index (χ1) is 9.72. The van der Waals surface area contributed by atoms with Crippen LogP contribution >= 0.6 is 0 Å². The molecule has 0 saturated heterocycles. The number of rotatable bonds is 3. The molecule has 0 radical (unpaired) electrons. The van der Waals surface area contributed by atoms with Crippen LogP contribution in [-0.2, 0) is 6.54 Å². The quantitative estimate of drug-likeness (QED) is 0.726. The van der Waals surface area contributed by atoms with Crippen molar-refractivity contribution in [3.63, 3.8) is 0 Å². The van der Waals surface area contributed by atoms with Crippen molar-refractivity contribution in [2.75, 3.05) is 0 Å². The number of hydrogen-bond acceptors (Lipinski definition) is 3. The molecule has 0 spiro atoms. The van der Waals surface area contributed by atoms with E-state index in [0.29, 0.717) is 6.54 Å². The smallest absolute Gasteiger partial charge is 0.251 e. The van der Waals surface area contributed by atoms with Gasteiger partial charge in [0.05, 0.1) is 18.4 Å². The van der Waals surface area contributed by atoms with E-state index in [2.05, 4.69) is 10.2 Å². The normalized spacial score (nSPS) is 10.7. The molecule has 5 nitrogen and oxygen atoms in total. The predicted molar refractivity (Wildman–Crippen MR) is 75.9 cm³/mol. The molecular weight excluding hydrogens is 252 g/mol. The van der Waals surface area contributed by atoms with Gasteiger partial charge in [0.1, 0.15) is 5.69 Å². The molecule has 1 aromatic carbocycles. The molecule has 0 fully saturated rings. The van der Waals surface area contributed by atoms with Gasteiger partial charge < -0.3 is 4.57 Å². The van der Waals surface area contributed by atoms with Crippen LogP contribution in [0.1, 0.15) is 11.3 Å². The first-order valence-electron chi connectivity index (χ1n) is 6.36. The van der Waals surface area contributed by atoms with E-state index < -0.39 is 0 Å². The lowest BCUT2D eigenvalue weighted by molar-refractivity contribution is 0.698. The highest BCUT2D eigenvalue weighted by atomic mass is 16.1. The van der Waals surface area contributed by atoms with Gasteiger partial charge in [0.2, 0.25) is 0 Å². The van der Waals surface area contributed by atoms with Crippen LogP contribution in [0.4, 0.5) is 0 Å². The molecule has 0 aliphatic carbocycles. The summed E-state index contributed by atoms with van der Waals surface area (Å²) in [5.41, 5.74) is 2.58. The lowest BCUT2D eigenvalue weighted by Gasteiger charge is -2.02. The van der Waals surface area contributed by atoms with E-state index in [0.717, 1.165) is 16.9 Å². The van der Waals surface area contributed by atoms with Crippen molar-refractivity contribution in [1.82, 2.24) is 19.6 Å². The van der Waals surface area contributed by atoms with E-state index >= 15 is 0 Å². The highest BCUT2D eigenvalue weighted by molar-refractivity contribution is 5.28. The average Bonchev–Trinajstić information content (AvgIpc) is 2.92. The van der Waals surface area contributed by atoms with E-state index in [1.54, 1.807) is 27.8 Å². The van der Waals surface area contributed by atoms with E-state index in [-0.39, 0.29) is 5.56 Å². The molecule has 5 heteroatoms. The molecule has 0 N–H and O–H groups in total. The lowest BCUT2D eigenvalue weighted by Crippen LogP contribution is -2.19. The molecule has 3 rings (SSSR count). The Balaban J connectivity index is 1.86. The van der Waals surface area contributed by atoms with Crippen LogP contribution in [0.3, 0.4) is 0 Å². The Kier molecular flexibility index (Phi) is 3.16. The van der Waals surface area contributed by atoms with Crippen LogP contribution in [0, 0.1) is 6.92 Å². The summed E-state index contributed by atoms with van der Waals surface area (Å²) in [7, 11) is 0. The number of aryl methyl sites for hydroxylation is 1. The Morgan fingerprint density at radius 2 is 1.95 bits per heavy atom. The SMILES string of the molecule is Cc1ccn(Cc2cnn(-c3ccccc3)n2)c(=O)c1. The molecule has 0 unspecified atom stereocenters. The van der Waals surface area contributed by atoms with Crippen molar-refractivity contribution < 1.29 is 0 Å². The number of benzene rings is 1. The summed E-state index contributed by atoms with van der Waals surface area (Å²) in [6.45, 7) is 2.32. The van der Waals surface area contributed by atoms with Crippen molar-refractivity contribution in [1.29, 1.82) is 0 Å². The number of nitrogens with zero attached hydrogens (tertiary/aromatic N) is 4. The third-order valence-electron chi connectivity index (χ3n) is 3.01. The van der Waals surface area contributed by atoms with Crippen LogP contribution in [0.5, 0.6) is 0 Å². The minimum atomic E-state index is -0.0285. The van der Waals surface area contributed by atoms with Crippen LogP contribution in [0.2, 0.25) is 0 Å². The molecule has 0 amide bonds. The molecular formula is C15H14N4O. The molecule has 0 saturated carbocycles. The Labute approximate surface area is 116 Å². The molecule has 3 aromatic rings. The van der Waals surface area contributed by atoms with Gasteiger partial charge in [0, 0.05) is 12.3 Å². The molecule has 20 heavy (non-hydrogen) atoms. The van der Waals surface area contributed by atoms with Crippen molar-refractivity contribution in [3.05, 3.63) is 76.5 Å². The molecule has 0 atom stereocenters. The monoisotopic (exact) mass is 266 g/mol. The van der Waals surface area contributed by atoms with Gasteiger partial charge >= 0.3 is 0 Å². The fraction of sp³-hybridized carbons (Fsp3) is 0.133. The summed E-state index contributed by atoms with van der Waals surface area (Å²) >= 11 is 0. The minimum absolute atomic E-state index is 0.0285. The van der Waals surface area contributed by atoms with E-state index in [1.165, 1.54) is 0 Å². The second kappa shape index (κ2) is 5.13. The highest BCUT2D eigenvalue weighted by Crippen LogP contribution is 2.05. The minimum Gasteiger partial charge on any atom is -0.309 e. The van der Waals surface area contributed by atoms with E-state index in [1.807, 2.05) is 43.3 Å². The molecule has 100 valence electrons. The molecule has 0 aliphatic heterocycles. The summed E-state index contributed by atoms with van der Waals surface area (Å²) in [6.07, 6.45) is 3.46. The first-order valence-corrected chi connectivity index (χ1v) is 6.36. The lowest BCUT2D eigenvalue weighted by atomic mass is 10.3. The van der Waals surface area contributed by atoms with Crippen molar-refractivity contribution in [3.8, 4) is 5.69 Å². The van der Waals surface area contributed by atoms with Gasteiger partial charge in [-0.05, 0) is 30.7 Å². The maximum absolute atomic E-state index is 11.8. The van der Waals surface area contributed by atoms with Gasteiger partial charge in [-0.1, -0.05) is 18.2 Å². The third-order valence-corrected chi connectivity index (χ3v) is 3.01.